The maximum absolute atomic E-state index is 9.80. The molecule has 0 bridgehead atoms. The van der Waals surface area contributed by atoms with Crippen LogP contribution < -0.4 is 10.5 Å². The van der Waals surface area contributed by atoms with Crippen LogP contribution in [-0.4, -0.2) is 47.4 Å². The van der Waals surface area contributed by atoms with E-state index in [9.17, 15) is 5.11 Å². The minimum absolute atomic E-state index is 0.00819. The van der Waals surface area contributed by atoms with Crippen LogP contribution in [0.25, 0.3) is 0 Å². The molecule has 1 rings (SSSR count). The normalized spacial score (nSPS) is 12.8. The number of hydrogen-bond acceptors (Lipinski definition) is 5. The summed E-state index contributed by atoms with van der Waals surface area (Å²) >= 11 is 0. The van der Waals surface area contributed by atoms with Gasteiger partial charge in [-0.05, 0) is 38.6 Å². The fraction of sp³-hybridized carbons (Fsp3) is 0.500. The molecule has 112 valence electrons. The number of ether oxygens (including phenoxy) is 1. The van der Waals surface area contributed by atoms with Gasteiger partial charge in [0.25, 0.3) is 0 Å². The summed E-state index contributed by atoms with van der Waals surface area (Å²) in [6.45, 7) is 4.70. The van der Waals surface area contributed by atoms with E-state index in [0.29, 0.717) is 24.4 Å². The minimum atomic E-state index is -0.754. The van der Waals surface area contributed by atoms with Crippen LogP contribution in [0.3, 0.4) is 0 Å². The molecule has 20 heavy (non-hydrogen) atoms. The van der Waals surface area contributed by atoms with Crippen molar-refractivity contribution in [2.75, 3.05) is 20.7 Å². The van der Waals surface area contributed by atoms with Gasteiger partial charge in [0.1, 0.15) is 5.75 Å². The number of likely N-dealkylation sites (N-methyl/N-ethyl adjacent to an activating group) is 1. The van der Waals surface area contributed by atoms with Gasteiger partial charge in [0.2, 0.25) is 0 Å². The second kappa shape index (κ2) is 6.58. The first-order chi connectivity index (χ1) is 9.26. The van der Waals surface area contributed by atoms with Gasteiger partial charge in [-0.2, -0.15) is 0 Å². The molecule has 4 N–H and O–H groups in total. The largest absolute Gasteiger partial charge is 0.496 e. The fourth-order valence-corrected chi connectivity index (χ4v) is 2.14. The molecule has 0 atom stereocenters. The second-order valence-electron chi connectivity index (χ2n) is 5.50. The zero-order valence-electron chi connectivity index (χ0n) is 12.4. The van der Waals surface area contributed by atoms with Crippen molar-refractivity contribution >= 4 is 5.84 Å². The maximum Gasteiger partial charge on any atom is 0.173 e. The van der Waals surface area contributed by atoms with E-state index < -0.39 is 5.60 Å². The van der Waals surface area contributed by atoms with Gasteiger partial charge in [0.05, 0.1) is 18.3 Å². The van der Waals surface area contributed by atoms with Crippen LogP contribution in [0, 0.1) is 0 Å². The fourth-order valence-electron chi connectivity index (χ4n) is 2.14. The second-order valence-corrected chi connectivity index (χ2v) is 5.50. The first kappa shape index (κ1) is 16.3. The van der Waals surface area contributed by atoms with Gasteiger partial charge >= 0.3 is 0 Å². The van der Waals surface area contributed by atoms with E-state index >= 15 is 0 Å². The number of oxime groups is 1. The summed E-state index contributed by atoms with van der Waals surface area (Å²) in [7, 11) is 3.45. The minimum Gasteiger partial charge on any atom is -0.496 e. The van der Waals surface area contributed by atoms with Crippen molar-refractivity contribution < 1.29 is 15.1 Å². The molecule has 0 saturated heterocycles. The van der Waals surface area contributed by atoms with E-state index in [1.807, 2.05) is 24.1 Å². The molecule has 6 nitrogen and oxygen atoms in total. The Morgan fingerprint density at radius 3 is 2.60 bits per heavy atom. The van der Waals surface area contributed by atoms with Crippen molar-refractivity contribution in [1.82, 2.24) is 4.90 Å². The van der Waals surface area contributed by atoms with Crippen molar-refractivity contribution in [3.05, 3.63) is 29.3 Å². The SMILES string of the molecule is COc1ccc(CN(C)CC(C)(C)O)cc1C(N)=NO. The van der Waals surface area contributed by atoms with E-state index in [2.05, 4.69) is 5.16 Å². The van der Waals surface area contributed by atoms with E-state index in [0.717, 1.165) is 5.56 Å². The lowest BCUT2D eigenvalue weighted by atomic mass is 10.1. The van der Waals surface area contributed by atoms with Gasteiger partial charge in [-0.15, -0.1) is 0 Å². The highest BCUT2D eigenvalue weighted by Crippen LogP contribution is 2.20. The zero-order chi connectivity index (χ0) is 15.3. The first-order valence-electron chi connectivity index (χ1n) is 6.32. The van der Waals surface area contributed by atoms with Gasteiger partial charge in [-0.1, -0.05) is 11.2 Å². The number of aliphatic hydroxyl groups is 1. The molecule has 1 aromatic rings. The van der Waals surface area contributed by atoms with Gasteiger partial charge < -0.3 is 20.8 Å². The van der Waals surface area contributed by atoms with E-state index in [-0.39, 0.29) is 5.84 Å². The highest BCUT2D eigenvalue weighted by atomic mass is 16.5. The van der Waals surface area contributed by atoms with Crippen LogP contribution in [0.2, 0.25) is 0 Å². The predicted molar refractivity (Wildman–Crippen MR) is 78.1 cm³/mol. The molecule has 0 aliphatic rings. The van der Waals surface area contributed by atoms with Crippen LogP contribution in [0.5, 0.6) is 5.75 Å². The van der Waals surface area contributed by atoms with Crippen LogP contribution >= 0.6 is 0 Å². The molecule has 0 saturated carbocycles. The highest BCUT2D eigenvalue weighted by Gasteiger charge is 2.16. The number of nitrogens with two attached hydrogens (primary N) is 1. The molecule has 0 spiro atoms. The Bertz CT molecular complexity index is 481. The van der Waals surface area contributed by atoms with Crippen LogP contribution in [-0.2, 0) is 6.54 Å². The molecule has 0 aliphatic carbocycles. The molecule has 1 aromatic carbocycles. The van der Waals surface area contributed by atoms with E-state index in [4.69, 9.17) is 15.7 Å². The Balaban J connectivity index is 2.92. The number of rotatable bonds is 6. The first-order valence-corrected chi connectivity index (χ1v) is 6.32. The van der Waals surface area contributed by atoms with Gasteiger partial charge in [-0.25, -0.2) is 0 Å². The van der Waals surface area contributed by atoms with Crippen molar-refractivity contribution in [1.29, 1.82) is 0 Å². The Labute approximate surface area is 119 Å². The zero-order valence-corrected chi connectivity index (χ0v) is 12.4. The number of methoxy groups -OCH3 is 1. The molecule has 0 aliphatic heterocycles. The molecule has 0 fully saturated rings. The van der Waals surface area contributed by atoms with Crippen LogP contribution in [0.15, 0.2) is 23.4 Å². The van der Waals surface area contributed by atoms with Gasteiger partial charge in [-0.3, -0.25) is 4.90 Å². The molecule has 0 aromatic heterocycles. The van der Waals surface area contributed by atoms with Crippen molar-refractivity contribution in [3.63, 3.8) is 0 Å². The van der Waals surface area contributed by atoms with E-state index in [1.165, 1.54) is 7.11 Å². The lowest BCUT2D eigenvalue weighted by Crippen LogP contribution is -2.35. The molecule has 0 unspecified atom stereocenters. The summed E-state index contributed by atoms with van der Waals surface area (Å²) in [5.41, 5.74) is 6.42. The summed E-state index contributed by atoms with van der Waals surface area (Å²) in [6, 6.07) is 5.50. The molecular weight excluding hydrogens is 258 g/mol. The predicted octanol–water partition coefficient (Wildman–Crippen LogP) is 0.992. The number of amidine groups is 1. The Morgan fingerprint density at radius 1 is 1.45 bits per heavy atom. The average Bonchev–Trinajstić information content (AvgIpc) is 2.35. The van der Waals surface area contributed by atoms with Crippen molar-refractivity contribution in [3.8, 4) is 5.75 Å². The standard InChI is InChI=1S/C14H23N3O3/c1-14(2,18)9-17(3)8-10-5-6-12(20-4)11(7-10)13(15)16-19/h5-7,18-19H,8-9H2,1-4H3,(H2,15,16). The summed E-state index contributed by atoms with van der Waals surface area (Å²) in [5.74, 6) is 0.558. The van der Waals surface area contributed by atoms with Gasteiger partial charge in [0, 0.05) is 13.1 Å². The van der Waals surface area contributed by atoms with Crippen molar-refractivity contribution in [2.24, 2.45) is 10.9 Å². The summed E-state index contributed by atoms with van der Waals surface area (Å²) in [4.78, 5) is 2.00. The summed E-state index contributed by atoms with van der Waals surface area (Å²) < 4.78 is 5.18. The quantitative estimate of drug-likeness (QED) is 0.313. The highest BCUT2D eigenvalue weighted by molar-refractivity contribution is 5.99. The Kier molecular flexibility index (Phi) is 5.35. The lowest BCUT2D eigenvalue weighted by molar-refractivity contribution is 0.0425. The number of benzene rings is 1. The molecule has 0 heterocycles. The smallest absolute Gasteiger partial charge is 0.173 e. The number of nitrogens with zero attached hydrogens (tertiary/aromatic N) is 2. The summed E-state index contributed by atoms with van der Waals surface area (Å²) in [5, 5.41) is 21.6. The monoisotopic (exact) mass is 281 g/mol. The van der Waals surface area contributed by atoms with Crippen LogP contribution in [0.1, 0.15) is 25.0 Å². The van der Waals surface area contributed by atoms with Crippen LogP contribution in [0.4, 0.5) is 0 Å². The lowest BCUT2D eigenvalue weighted by Gasteiger charge is -2.25. The Morgan fingerprint density at radius 2 is 2.10 bits per heavy atom. The third-order valence-electron chi connectivity index (χ3n) is 2.76. The molecule has 0 radical (unpaired) electrons. The molecule has 0 amide bonds. The van der Waals surface area contributed by atoms with E-state index in [1.54, 1.807) is 19.9 Å². The topological polar surface area (TPSA) is 91.3 Å². The van der Waals surface area contributed by atoms with Gasteiger partial charge in [0.15, 0.2) is 5.84 Å². The summed E-state index contributed by atoms with van der Waals surface area (Å²) in [6.07, 6.45) is 0. The van der Waals surface area contributed by atoms with Crippen molar-refractivity contribution in [2.45, 2.75) is 26.0 Å². The Hall–Kier alpha value is -1.79. The third kappa shape index (κ3) is 4.71. The number of hydrogen-bond donors (Lipinski definition) is 3. The molecule has 6 heteroatoms. The molecular formula is C14H23N3O3. The third-order valence-corrected chi connectivity index (χ3v) is 2.76. The maximum atomic E-state index is 9.80. The average molecular weight is 281 g/mol.